The minimum atomic E-state index is -2.38. The first-order valence-electron chi connectivity index (χ1n) is 24.5. The smallest absolute Gasteiger partial charge is 0.325 e. The number of hydrogen-bond acceptors (Lipinski definition) is 19. The highest BCUT2D eigenvalue weighted by molar-refractivity contribution is 5.84. The number of carbonyl (C=O) groups is 3. The lowest BCUT2D eigenvalue weighted by atomic mass is 9.82. The van der Waals surface area contributed by atoms with Crippen molar-refractivity contribution in [2.75, 3.05) is 13.2 Å². The van der Waals surface area contributed by atoms with Crippen LogP contribution in [0.25, 0.3) is 0 Å². The molecular formula is C51H80N2O18. The lowest BCUT2D eigenvalue weighted by Gasteiger charge is -2.46. The number of hydrogen-bond donors (Lipinski definition) is 12. The van der Waals surface area contributed by atoms with Crippen LogP contribution in [0.3, 0.4) is 0 Å². The Morgan fingerprint density at radius 3 is 1.87 bits per heavy atom. The fourth-order valence-electron chi connectivity index (χ4n) is 8.46. The van der Waals surface area contributed by atoms with E-state index < -0.39 is 153 Å². The van der Waals surface area contributed by atoms with E-state index in [0.717, 1.165) is 0 Å². The fourth-order valence-corrected chi connectivity index (χ4v) is 8.46. The monoisotopic (exact) mass is 1010 g/mol. The number of fused-ring (bicyclic) bond motifs is 2. The van der Waals surface area contributed by atoms with Crippen LogP contribution >= 0.6 is 0 Å². The van der Waals surface area contributed by atoms with Crippen molar-refractivity contribution in [2.45, 2.75) is 183 Å². The first kappa shape index (κ1) is 61.3. The summed E-state index contributed by atoms with van der Waals surface area (Å²) in [4.78, 5) is 38.6. The van der Waals surface area contributed by atoms with Crippen LogP contribution in [0.4, 0.5) is 0 Å². The molecule has 1 amide bonds. The van der Waals surface area contributed by atoms with Gasteiger partial charge in [0.15, 0.2) is 12.1 Å². The first-order chi connectivity index (χ1) is 33.5. The highest BCUT2D eigenvalue weighted by Crippen LogP contribution is 2.38. The summed E-state index contributed by atoms with van der Waals surface area (Å²) in [7, 11) is 0. The van der Waals surface area contributed by atoms with Gasteiger partial charge in [0, 0.05) is 31.1 Å². The molecule has 3 aliphatic rings. The molecule has 0 spiro atoms. The molecule has 0 saturated carbocycles. The number of aliphatic hydroxyl groups excluding tert-OH is 9. The summed E-state index contributed by atoms with van der Waals surface area (Å²) in [6, 6.07) is -1.17. The third-order valence-electron chi connectivity index (χ3n) is 12.8. The maximum atomic E-state index is 13.7. The highest BCUT2D eigenvalue weighted by atomic mass is 16.7. The Hall–Kier alpha value is -3.97. The van der Waals surface area contributed by atoms with Crippen LogP contribution in [-0.2, 0) is 38.1 Å². The van der Waals surface area contributed by atoms with Gasteiger partial charge in [-0.25, -0.2) is 0 Å². The van der Waals surface area contributed by atoms with Crippen LogP contribution in [0, 0.1) is 17.8 Å². The van der Waals surface area contributed by atoms with E-state index >= 15 is 0 Å². The summed E-state index contributed by atoms with van der Waals surface area (Å²) >= 11 is 0. The van der Waals surface area contributed by atoms with Crippen LogP contribution in [0.15, 0.2) is 85.1 Å². The van der Waals surface area contributed by atoms with Crippen molar-refractivity contribution in [1.82, 2.24) is 5.32 Å². The van der Waals surface area contributed by atoms with E-state index in [-0.39, 0.29) is 44.6 Å². The SMILES string of the molecule is CCOC(=O)CNC(=O)[C@H]1[C@@H]2C[C@@H](OC3O[C@H](C)[C@@H](O)[C@H](N)[C@@H]3O)/C=C/C=C/C=C/C=C/C=C/C=C/C=C/[C@H](C)[C@@H](O)[C@@H](C)[C@H](C)OC(=O)CC(O)CC(O)CC(O)CC[C@@H](O)[C@H](O)C[C@](O)(C[C@@H]1O)O2. The zero-order chi connectivity index (χ0) is 52.8. The van der Waals surface area contributed by atoms with Gasteiger partial charge >= 0.3 is 11.9 Å². The Morgan fingerprint density at radius 1 is 0.704 bits per heavy atom. The van der Waals surface area contributed by atoms with E-state index in [1.807, 2.05) is 13.0 Å². The van der Waals surface area contributed by atoms with E-state index in [9.17, 15) is 65.4 Å². The van der Waals surface area contributed by atoms with Gasteiger partial charge in [-0.3, -0.25) is 14.4 Å². The second-order valence-electron chi connectivity index (χ2n) is 18.8. The van der Waals surface area contributed by atoms with Gasteiger partial charge in [-0.2, -0.15) is 0 Å². The number of nitrogens with one attached hydrogen (secondary N) is 1. The lowest BCUT2D eigenvalue weighted by molar-refractivity contribution is -0.308. The maximum Gasteiger partial charge on any atom is 0.325 e. The molecule has 0 aromatic rings. The predicted octanol–water partition coefficient (Wildman–Crippen LogP) is 0.306. The van der Waals surface area contributed by atoms with Gasteiger partial charge in [0.2, 0.25) is 5.91 Å². The zero-order valence-electron chi connectivity index (χ0n) is 41.4. The highest BCUT2D eigenvalue weighted by Gasteiger charge is 2.51. The van der Waals surface area contributed by atoms with Gasteiger partial charge in [-0.15, -0.1) is 0 Å². The molecule has 402 valence electrons. The molecule has 13 N–H and O–H groups in total. The van der Waals surface area contributed by atoms with Crippen molar-refractivity contribution in [2.24, 2.45) is 23.5 Å². The first-order valence-corrected chi connectivity index (χ1v) is 24.5. The van der Waals surface area contributed by atoms with Gasteiger partial charge in [0.1, 0.15) is 18.8 Å². The van der Waals surface area contributed by atoms with Crippen LogP contribution in [-0.4, -0.2) is 180 Å². The molecule has 4 unspecified atom stereocenters. The fraction of sp³-hybridized carbons (Fsp3) is 0.667. The van der Waals surface area contributed by atoms with Crippen molar-refractivity contribution in [1.29, 1.82) is 0 Å². The molecule has 19 atom stereocenters. The van der Waals surface area contributed by atoms with Crippen molar-refractivity contribution in [3.63, 3.8) is 0 Å². The van der Waals surface area contributed by atoms with Crippen molar-refractivity contribution in [3.05, 3.63) is 85.1 Å². The summed E-state index contributed by atoms with van der Waals surface area (Å²) in [5.74, 6) is -6.94. The molecule has 0 aliphatic carbocycles. The average molecular weight is 1010 g/mol. The van der Waals surface area contributed by atoms with Crippen LogP contribution in [0.5, 0.6) is 0 Å². The normalized spacial score (nSPS) is 42.5. The number of amides is 1. The van der Waals surface area contributed by atoms with E-state index in [0.29, 0.717) is 0 Å². The molecule has 2 saturated heterocycles. The molecule has 2 bridgehead atoms. The number of ether oxygens (including phenoxy) is 5. The standard InChI is InChI=1S/C51H80N2O18/c1-6-67-43(61)29-53-49(65)44-40(59)28-51(66)27-39(58)38(57)22-21-34(54)23-35(55)24-36(56)25-42(60)68-32(4)31(3)46(62)30(2)19-17-15-13-11-9-7-8-10-12-14-16-18-20-37(26-41(44)71-51)70-50-48(64)45(52)47(63)33(5)69-50/h7-20,30-41,44-48,50,54-59,62-64,66H,6,21-29,52H2,1-5H3,(H,53,65)/b8-7+,11-9+,12-10+,15-13+,16-14+,19-17+,20-18+/t30-,31-,32-,33+,34?,35?,36?,37-,38+,39+,40-,41-,44+,45-,46+,47+,48-,50?,51+/m0/s1. The minimum absolute atomic E-state index is 0.0404. The van der Waals surface area contributed by atoms with Gasteiger partial charge in [-0.05, 0) is 46.5 Å². The molecule has 3 rings (SSSR count). The number of nitrogens with two attached hydrogens (primary N) is 1. The predicted molar refractivity (Wildman–Crippen MR) is 259 cm³/mol. The molecule has 3 heterocycles. The molecule has 20 nitrogen and oxygen atoms in total. The zero-order valence-corrected chi connectivity index (χ0v) is 41.4. The number of rotatable bonds is 6. The average Bonchev–Trinajstić information content (AvgIpc) is 3.29. The van der Waals surface area contributed by atoms with E-state index in [4.69, 9.17) is 29.4 Å². The molecule has 3 aliphatic heterocycles. The number of carbonyl (C=O) groups excluding carboxylic acids is 3. The minimum Gasteiger partial charge on any atom is -0.465 e. The summed E-state index contributed by atoms with van der Waals surface area (Å²) in [6.07, 6.45) is 3.38. The topological polar surface area (TPSA) is 338 Å². The third kappa shape index (κ3) is 21.2. The summed E-state index contributed by atoms with van der Waals surface area (Å²) < 4.78 is 28.5. The number of aliphatic hydroxyl groups is 10. The largest absolute Gasteiger partial charge is 0.465 e. The summed E-state index contributed by atoms with van der Waals surface area (Å²) in [5.41, 5.74) is 6.08. The summed E-state index contributed by atoms with van der Waals surface area (Å²) in [5, 5.41) is 112. The molecule has 0 aromatic carbocycles. The van der Waals surface area contributed by atoms with Crippen molar-refractivity contribution < 1.29 is 89.1 Å². The lowest BCUT2D eigenvalue weighted by Crippen LogP contribution is -2.62. The van der Waals surface area contributed by atoms with Crippen molar-refractivity contribution >= 4 is 17.8 Å². The quantitative estimate of drug-likeness (QED) is 0.159. The molecule has 71 heavy (non-hydrogen) atoms. The van der Waals surface area contributed by atoms with Gasteiger partial charge in [0.25, 0.3) is 0 Å². The van der Waals surface area contributed by atoms with Gasteiger partial charge in [-0.1, -0.05) is 98.9 Å². The Kier molecular flexibility index (Phi) is 26.7. The molecule has 0 radical (unpaired) electrons. The van der Waals surface area contributed by atoms with Crippen LogP contribution < -0.4 is 11.1 Å². The van der Waals surface area contributed by atoms with E-state index in [2.05, 4.69) is 5.32 Å². The Labute approximate surface area is 416 Å². The maximum absolute atomic E-state index is 13.7. The number of esters is 2. The Bertz CT molecular complexity index is 1840. The second kappa shape index (κ2) is 30.9. The third-order valence-corrected chi connectivity index (χ3v) is 12.8. The van der Waals surface area contributed by atoms with Crippen molar-refractivity contribution in [3.8, 4) is 0 Å². The molecule has 0 aromatic heterocycles. The number of cyclic esters (lactones) is 1. The molecular weight excluding hydrogens is 929 g/mol. The van der Waals surface area contributed by atoms with Crippen LogP contribution in [0.2, 0.25) is 0 Å². The van der Waals surface area contributed by atoms with Crippen LogP contribution in [0.1, 0.15) is 86.0 Å². The van der Waals surface area contributed by atoms with E-state index in [1.54, 1.807) is 93.7 Å². The van der Waals surface area contributed by atoms with Gasteiger partial charge < -0.3 is 85.8 Å². The second-order valence-corrected chi connectivity index (χ2v) is 18.8. The summed E-state index contributed by atoms with van der Waals surface area (Å²) in [6.45, 7) is 7.80. The van der Waals surface area contributed by atoms with E-state index in [1.165, 1.54) is 13.0 Å². The Balaban J connectivity index is 1.94. The Morgan fingerprint density at radius 2 is 1.27 bits per heavy atom. The van der Waals surface area contributed by atoms with Gasteiger partial charge in [0.05, 0.1) is 92.1 Å². The molecule has 2 fully saturated rings. The molecule has 20 heteroatoms. The number of allylic oxidation sites excluding steroid dienone is 12.